The highest BCUT2D eigenvalue weighted by molar-refractivity contribution is 5.77. The molecule has 1 saturated carbocycles. The number of nitrogens with one attached hydrogen (secondary N) is 4. The van der Waals surface area contributed by atoms with Gasteiger partial charge in [-0.3, -0.25) is 0 Å². The zero-order valence-corrected chi connectivity index (χ0v) is 13.0. The molecular weight excluding hydrogens is 280 g/mol. The van der Waals surface area contributed by atoms with Gasteiger partial charge in [0.2, 0.25) is 0 Å². The molecule has 3 aliphatic rings. The van der Waals surface area contributed by atoms with Crippen molar-refractivity contribution in [3.05, 3.63) is 21.9 Å². The summed E-state index contributed by atoms with van der Waals surface area (Å²) < 4.78 is 0. The molecule has 2 aliphatic carbocycles. The molecule has 4 N–H and O–H groups in total. The lowest BCUT2D eigenvalue weighted by Crippen LogP contribution is -2.31. The Bertz CT molecular complexity index is 520. The second-order valence-electron chi connectivity index (χ2n) is 6.57. The van der Waals surface area contributed by atoms with Crippen LogP contribution in [-0.4, -0.2) is 28.1 Å². The minimum Gasteiger partial charge on any atom is -0.333 e. The van der Waals surface area contributed by atoms with E-state index < -0.39 is 0 Å². The van der Waals surface area contributed by atoms with Gasteiger partial charge in [-0.1, -0.05) is 25.7 Å². The summed E-state index contributed by atoms with van der Waals surface area (Å²) in [5.74, 6) is 0. The maximum atomic E-state index is 10.9. The van der Waals surface area contributed by atoms with Gasteiger partial charge in [0.25, 0.3) is 0 Å². The van der Waals surface area contributed by atoms with Crippen molar-refractivity contribution < 1.29 is 4.79 Å². The van der Waals surface area contributed by atoms with E-state index in [4.69, 9.17) is 0 Å². The standard InChI is InChI=1S/C8H14N2O.C8H12N2O/c2*11-8-9-6-4-2-1-3-5-7(6)10-8/h6-7H,1-5H2,(H2,9,10,11);1-5H2,(H2,9,10,11)/t6-,7+;. The average molecular weight is 306 g/mol. The maximum absolute atomic E-state index is 10.9. The number of aromatic amines is 2. The number of H-pyrrole nitrogens is 2. The number of hydrogen-bond acceptors (Lipinski definition) is 2. The predicted molar refractivity (Wildman–Crippen MR) is 85.0 cm³/mol. The fraction of sp³-hybridized carbons (Fsp3) is 0.750. The molecule has 1 aromatic heterocycles. The van der Waals surface area contributed by atoms with Crippen LogP contribution >= 0.6 is 0 Å². The Morgan fingerprint density at radius 3 is 1.73 bits per heavy atom. The first-order valence-electron chi connectivity index (χ1n) is 8.59. The summed E-state index contributed by atoms with van der Waals surface area (Å²) in [6.45, 7) is 0. The summed E-state index contributed by atoms with van der Waals surface area (Å²) in [5, 5.41) is 5.89. The minimum atomic E-state index is -0.0445. The Morgan fingerprint density at radius 2 is 1.18 bits per heavy atom. The van der Waals surface area contributed by atoms with Crippen molar-refractivity contribution in [3.63, 3.8) is 0 Å². The number of carbonyl (C=O) groups excluding carboxylic acids is 1. The number of aromatic nitrogens is 2. The van der Waals surface area contributed by atoms with E-state index >= 15 is 0 Å². The zero-order chi connectivity index (χ0) is 15.4. The molecule has 0 bridgehead atoms. The predicted octanol–water partition coefficient (Wildman–Crippen LogP) is 1.97. The first kappa shape index (κ1) is 15.2. The molecule has 6 heteroatoms. The first-order valence-corrected chi connectivity index (χ1v) is 8.59. The van der Waals surface area contributed by atoms with E-state index in [-0.39, 0.29) is 11.7 Å². The normalized spacial score (nSPS) is 27.2. The van der Waals surface area contributed by atoms with Crippen molar-refractivity contribution in [2.24, 2.45) is 0 Å². The van der Waals surface area contributed by atoms with Crippen molar-refractivity contribution in [2.75, 3.05) is 0 Å². The molecule has 0 spiro atoms. The summed E-state index contributed by atoms with van der Waals surface area (Å²) in [5.41, 5.74) is 2.22. The number of rotatable bonds is 0. The number of imidazole rings is 1. The number of amides is 2. The summed E-state index contributed by atoms with van der Waals surface area (Å²) in [4.78, 5) is 27.4. The van der Waals surface area contributed by atoms with E-state index in [0.29, 0.717) is 12.1 Å². The van der Waals surface area contributed by atoms with E-state index in [9.17, 15) is 9.59 Å². The van der Waals surface area contributed by atoms with Gasteiger partial charge in [0.1, 0.15) is 0 Å². The third kappa shape index (κ3) is 3.72. The number of aryl methyl sites for hydroxylation is 2. The lowest BCUT2D eigenvalue weighted by Gasteiger charge is -2.13. The summed E-state index contributed by atoms with van der Waals surface area (Å²) >= 11 is 0. The highest BCUT2D eigenvalue weighted by atomic mass is 16.2. The molecule has 2 heterocycles. The van der Waals surface area contributed by atoms with Gasteiger partial charge in [-0.05, 0) is 38.5 Å². The van der Waals surface area contributed by atoms with Gasteiger partial charge < -0.3 is 20.6 Å². The van der Waals surface area contributed by atoms with Crippen LogP contribution in [0.3, 0.4) is 0 Å². The Morgan fingerprint density at radius 1 is 0.682 bits per heavy atom. The number of carbonyl (C=O) groups is 1. The van der Waals surface area contributed by atoms with E-state index in [0.717, 1.165) is 37.1 Å². The van der Waals surface area contributed by atoms with E-state index in [1.54, 1.807) is 0 Å². The summed E-state index contributed by atoms with van der Waals surface area (Å²) in [6.07, 6.45) is 11.9. The Kier molecular flexibility index (Phi) is 4.85. The van der Waals surface area contributed by atoms with Gasteiger partial charge in [0.05, 0.1) is 12.1 Å². The van der Waals surface area contributed by atoms with Crippen LogP contribution in [0.5, 0.6) is 0 Å². The molecule has 1 saturated heterocycles. The molecule has 2 fully saturated rings. The van der Waals surface area contributed by atoms with Crippen molar-refractivity contribution in [3.8, 4) is 0 Å². The van der Waals surface area contributed by atoms with E-state index in [2.05, 4.69) is 20.6 Å². The van der Waals surface area contributed by atoms with Crippen molar-refractivity contribution in [1.82, 2.24) is 20.6 Å². The lowest BCUT2D eigenvalue weighted by molar-refractivity contribution is 0.246. The van der Waals surface area contributed by atoms with Gasteiger partial charge in [0.15, 0.2) is 0 Å². The Hall–Kier alpha value is -1.72. The molecular formula is C16H26N4O2. The molecule has 4 rings (SSSR count). The molecule has 2 atom stereocenters. The minimum absolute atomic E-state index is 0.0295. The third-order valence-electron chi connectivity index (χ3n) is 4.90. The van der Waals surface area contributed by atoms with Gasteiger partial charge in [-0.25, -0.2) is 9.59 Å². The SMILES string of the molecule is O=C1N[C@H]2CCCCC[C@H]2N1.O=c1[nH]c2c([nH]1)CCCCC2. The highest BCUT2D eigenvalue weighted by Crippen LogP contribution is 2.20. The first-order chi connectivity index (χ1) is 10.7. The molecule has 0 radical (unpaired) electrons. The molecule has 0 aromatic carbocycles. The van der Waals surface area contributed by atoms with Gasteiger partial charge in [0, 0.05) is 11.4 Å². The molecule has 2 amide bonds. The van der Waals surface area contributed by atoms with E-state index in [1.807, 2.05) is 0 Å². The van der Waals surface area contributed by atoms with Crippen LogP contribution in [0.25, 0.3) is 0 Å². The fourth-order valence-corrected chi connectivity index (χ4v) is 3.69. The second kappa shape index (κ2) is 7.03. The van der Waals surface area contributed by atoms with Crippen molar-refractivity contribution in [1.29, 1.82) is 0 Å². The van der Waals surface area contributed by atoms with Gasteiger partial charge in [-0.2, -0.15) is 0 Å². The zero-order valence-electron chi connectivity index (χ0n) is 13.0. The highest BCUT2D eigenvalue weighted by Gasteiger charge is 2.31. The topological polar surface area (TPSA) is 89.8 Å². The number of hydrogen-bond donors (Lipinski definition) is 4. The van der Waals surface area contributed by atoms with Crippen LogP contribution in [-0.2, 0) is 12.8 Å². The Balaban J connectivity index is 0.000000131. The van der Waals surface area contributed by atoms with Gasteiger partial charge in [-0.15, -0.1) is 0 Å². The van der Waals surface area contributed by atoms with Crippen molar-refractivity contribution in [2.45, 2.75) is 76.3 Å². The summed E-state index contributed by atoms with van der Waals surface area (Å²) in [7, 11) is 0. The maximum Gasteiger partial charge on any atom is 0.323 e. The van der Waals surface area contributed by atoms with E-state index in [1.165, 1.54) is 38.5 Å². The molecule has 0 unspecified atom stereocenters. The average Bonchev–Trinajstić information content (AvgIpc) is 2.83. The summed E-state index contributed by atoms with van der Waals surface area (Å²) in [6, 6.07) is 0.872. The fourth-order valence-electron chi connectivity index (χ4n) is 3.69. The van der Waals surface area contributed by atoms with Crippen LogP contribution < -0.4 is 16.3 Å². The monoisotopic (exact) mass is 306 g/mol. The lowest BCUT2D eigenvalue weighted by atomic mass is 10.1. The smallest absolute Gasteiger partial charge is 0.323 e. The van der Waals surface area contributed by atoms with Crippen LogP contribution in [0.4, 0.5) is 4.79 Å². The third-order valence-corrected chi connectivity index (χ3v) is 4.90. The number of fused-ring (bicyclic) bond motifs is 2. The molecule has 1 aliphatic heterocycles. The van der Waals surface area contributed by atoms with Crippen LogP contribution in [0, 0.1) is 0 Å². The number of urea groups is 1. The van der Waals surface area contributed by atoms with Crippen molar-refractivity contribution >= 4 is 6.03 Å². The second-order valence-corrected chi connectivity index (χ2v) is 6.57. The van der Waals surface area contributed by atoms with Crippen LogP contribution in [0.2, 0.25) is 0 Å². The van der Waals surface area contributed by atoms with Crippen LogP contribution in [0.15, 0.2) is 4.79 Å². The quantitative estimate of drug-likeness (QED) is 0.552. The van der Waals surface area contributed by atoms with Crippen LogP contribution in [0.1, 0.15) is 62.8 Å². The molecule has 22 heavy (non-hydrogen) atoms. The molecule has 6 nitrogen and oxygen atoms in total. The molecule has 1 aromatic rings. The largest absolute Gasteiger partial charge is 0.333 e. The molecule has 122 valence electrons. The van der Waals surface area contributed by atoms with Gasteiger partial charge >= 0.3 is 11.7 Å². The Labute approximate surface area is 130 Å².